The summed E-state index contributed by atoms with van der Waals surface area (Å²) in [6, 6.07) is 0. The van der Waals surface area contributed by atoms with Crippen LogP contribution in [0.15, 0.2) is 0 Å². The number of piperidine rings is 1. The van der Waals surface area contributed by atoms with Crippen molar-refractivity contribution in [2.45, 2.75) is 19.8 Å². The van der Waals surface area contributed by atoms with E-state index in [0.29, 0.717) is 45.7 Å². The van der Waals surface area contributed by atoms with Gasteiger partial charge in [0.1, 0.15) is 6.61 Å². The number of likely N-dealkylation sites (tertiary alicyclic amines) is 1. The summed E-state index contributed by atoms with van der Waals surface area (Å²) in [6.07, 6.45) is 1.34. The van der Waals surface area contributed by atoms with Crippen molar-refractivity contribution >= 4 is 11.9 Å². The van der Waals surface area contributed by atoms with E-state index in [4.69, 9.17) is 15.2 Å². The molecule has 0 atom stereocenters. The highest BCUT2D eigenvalue weighted by Gasteiger charge is 2.27. The van der Waals surface area contributed by atoms with Crippen LogP contribution in [0.3, 0.4) is 0 Å². The standard InChI is InChI=1S/C12H22N2O4/c1-2-18-12(16)10-3-6-14(7-4-10)11(15)9-17-8-5-13/h10H,2-9,13H2,1H3. The Hall–Kier alpha value is -1.14. The van der Waals surface area contributed by atoms with Gasteiger partial charge in [-0.2, -0.15) is 0 Å². The Kier molecular flexibility index (Phi) is 6.67. The number of amides is 1. The second-order valence-electron chi connectivity index (χ2n) is 4.25. The predicted molar refractivity (Wildman–Crippen MR) is 65.8 cm³/mol. The molecule has 1 saturated heterocycles. The van der Waals surface area contributed by atoms with E-state index in [1.54, 1.807) is 11.8 Å². The zero-order chi connectivity index (χ0) is 13.4. The summed E-state index contributed by atoms with van der Waals surface area (Å²) in [6.45, 7) is 4.27. The van der Waals surface area contributed by atoms with Crippen molar-refractivity contribution < 1.29 is 19.1 Å². The number of carbonyl (C=O) groups excluding carboxylic acids is 2. The Morgan fingerprint density at radius 2 is 2.00 bits per heavy atom. The molecule has 0 aromatic carbocycles. The fourth-order valence-electron chi connectivity index (χ4n) is 1.96. The van der Waals surface area contributed by atoms with Crippen LogP contribution in [0.25, 0.3) is 0 Å². The van der Waals surface area contributed by atoms with E-state index in [0.717, 1.165) is 0 Å². The average molecular weight is 258 g/mol. The van der Waals surface area contributed by atoms with Crippen molar-refractivity contribution in [3.63, 3.8) is 0 Å². The van der Waals surface area contributed by atoms with Crippen LogP contribution in [0.2, 0.25) is 0 Å². The highest BCUT2D eigenvalue weighted by atomic mass is 16.5. The number of carbonyl (C=O) groups is 2. The molecule has 1 aliphatic heterocycles. The van der Waals surface area contributed by atoms with E-state index < -0.39 is 0 Å². The van der Waals surface area contributed by atoms with Crippen molar-refractivity contribution in [1.82, 2.24) is 4.90 Å². The van der Waals surface area contributed by atoms with Gasteiger partial charge in [0.15, 0.2) is 0 Å². The normalized spacial score (nSPS) is 16.7. The lowest BCUT2D eigenvalue weighted by Crippen LogP contribution is -2.42. The third-order valence-electron chi connectivity index (χ3n) is 2.96. The molecular weight excluding hydrogens is 236 g/mol. The molecule has 0 bridgehead atoms. The second-order valence-corrected chi connectivity index (χ2v) is 4.25. The molecule has 6 nitrogen and oxygen atoms in total. The first-order valence-corrected chi connectivity index (χ1v) is 6.41. The molecule has 1 rings (SSSR count). The van der Waals surface area contributed by atoms with Crippen molar-refractivity contribution in [2.75, 3.05) is 39.5 Å². The summed E-state index contributed by atoms with van der Waals surface area (Å²) in [5, 5.41) is 0. The van der Waals surface area contributed by atoms with Crippen molar-refractivity contribution in [1.29, 1.82) is 0 Å². The molecule has 1 heterocycles. The quantitative estimate of drug-likeness (QED) is 0.525. The van der Waals surface area contributed by atoms with Gasteiger partial charge in [-0.15, -0.1) is 0 Å². The third kappa shape index (κ3) is 4.62. The maximum absolute atomic E-state index is 11.7. The molecule has 0 radical (unpaired) electrons. The van der Waals surface area contributed by atoms with Crippen LogP contribution in [-0.2, 0) is 19.1 Å². The van der Waals surface area contributed by atoms with Crippen LogP contribution < -0.4 is 5.73 Å². The van der Waals surface area contributed by atoms with E-state index in [2.05, 4.69) is 0 Å². The van der Waals surface area contributed by atoms with Gasteiger partial charge in [0.2, 0.25) is 5.91 Å². The summed E-state index contributed by atoms with van der Waals surface area (Å²) in [5.41, 5.74) is 5.27. The lowest BCUT2D eigenvalue weighted by molar-refractivity contribution is -0.151. The molecule has 1 aliphatic rings. The van der Waals surface area contributed by atoms with Crippen molar-refractivity contribution in [3.8, 4) is 0 Å². The van der Waals surface area contributed by atoms with Crippen molar-refractivity contribution in [2.24, 2.45) is 11.7 Å². The maximum Gasteiger partial charge on any atom is 0.309 e. The molecule has 2 N–H and O–H groups in total. The van der Waals surface area contributed by atoms with Gasteiger partial charge in [0.25, 0.3) is 0 Å². The zero-order valence-electron chi connectivity index (χ0n) is 10.9. The highest BCUT2D eigenvalue weighted by Crippen LogP contribution is 2.18. The van der Waals surface area contributed by atoms with Gasteiger partial charge in [0.05, 0.1) is 19.1 Å². The molecule has 0 unspecified atom stereocenters. The molecule has 18 heavy (non-hydrogen) atoms. The van der Waals surface area contributed by atoms with Gasteiger partial charge in [-0.1, -0.05) is 0 Å². The lowest BCUT2D eigenvalue weighted by atomic mass is 9.97. The fourth-order valence-corrected chi connectivity index (χ4v) is 1.96. The molecule has 0 aromatic heterocycles. The Bertz CT molecular complexity index is 275. The molecule has 104 valence electrons. The first-order chi connectivity index (χ1) is 8.69. The van der Waals surface area contributed by atoms with Crippen molar-refractivity contribution in [3.05, 3.63) is 0 Å². The largest absolute Gasteiger partial charge is 0.466 e. The Morgan fingerprint density at radius 3 is 2.56 bits per heavy atom. The first-order valence-electron chi connectivity index (χ1n) is 6.41. The van der Waals surface area contributed by atoms with E-state index in [1.807, 2.05) is 0 Å². The summed E-state index contributed by atoms with van der Waals surface area (Å²) >= 11 is 0. The number of ether oxygens (including phenoxy) is 2. The number of rotatable bonds is 6. The molecule has 0 aromatic rings. The van der Waals surface area contributed by atoms with Gasteiger partial charge in [-0.05, 0) is 19.8 Å². The van der Waals surface area contributed by atoms with Crippen LogP contribution in [0.4, 0.5) is 0 Å². The summed E-state index contributed by atoms with van der Waals surface area (Å²) < 4.78 is 10.1. The highest BCUT2D eigenvalue weighted by molar-refractivity contribution is 5.78. The molecule has 0 spiro atoms. The Balaban J connectivity index is 2.26. The van der Waals surface area contributed by atoms with Crippen LogP contribution in [0, 0.1) is 5.92 Å². The van der Waals surface area contributed by atoms with Gasteiger partial charge in [-0.25, -0.2) is 0 Å². The Labute approximate surface area is 107 Å². The van der Waals surface area contributed by atoms with Crippen LogP contribution in [0.1, 0.15) is 19.8 Å². The van der Waals surface area contributed by atoms with Crippen LogP contribution in [-0.4, -0.2) is 56.2 Å². The number of esters is 1. The lowest BCUT2D eigenvalue weighted by Gasteiger charge is -2.30. The number of nitrogens with zero attached hydrogens (tertiary/aromatic N) is 1. The SMILES string of the molecule is CCOC(=O)C1CCN(C(=O)COCCN)CC1. The van der Waals surface area contributed by atoms with Crippen LogP contribution in [0.5, 0.6) is 0 Å². The molecule has 0 saturated carbocycles. The Morgan fingerprint density at radius 1 is 1.33 bits per heavy atom. The zero-order valence-corrected chi connectivity index (χ0v) is 10.9. The monoisotopic (exact) mass is 258 g/mol. The average Bonchev–Trinajstić information content (AvgIpc) is 2.39. The van der Waals surface area contributed by atoms with Crippen LogP contribution >= 0.6 is 0 Å². The summed E-state index contributed by atoms with van der Waals surface area (Å²) in [4.78, 5) is 25.0. The molecule has 1 amide bonds. The number of nitrogens with two attached hydrogens (primary N) is 1. The van der Waals surface area contributed by atoms with Gasteiger partial charge in [-0.3, -0.25) is 9.59 Å². The minimum atomic E-state index is -0.149. The van der Waals surface area contributed by atoms with Gasteiger partial charge >= 0.3 is 5.97 Å². The fraction of sp³-hybridized carbons (Fsp3) is 0.833. The third-order valence-corrected chi connectivity index (χ3v) is 2.96. The predicted octanol–water partition coefficient (Wildman–Crippen LogP) is -0.237. The first kappa shape index (κ1) is 14.9. The van der Waals surface area contributed by atoms with E-state index in [-0.39, 0.29) is 24.4 Å². The molecule has 6 heteroatoms. The number of hydrogen-bond acceptors (Lipinski definition) is 5. The minimum absolute atomic E-state index is 0.0363. The minimum Gasteiger partial charge on any atom is -0.466 e. The summed E-state index contributed by atoms with van der Waals surface area (Å²) in [7, 11) is 0. The topological polar surface area (TPSA) is 81.9 Å². The summed E-state index contributed by atoms with van der Waals surface area (Å²) in [5.74, 6) is -0.256. The van der Waals surface area contributed by atoms with E-state index in [1.165, 1.54) is 0 Å². The number of hydrogen-bond donors (Lipinski definition) is 1. The smallest absolute Gasteiger partial charge is 0.309 e. The van der Waals surface area contributed by atoms with Gasteiger partial charge < -0.3 is 20.1 Å². The maximum atomic E-state index is 11.7. The molecular formula is C12H22N2O4. The molecule has 1 fully saturated rings. The second kappa shape index (κ2) is 8.05. The van der Waals surface area contributed by atoms with Gasteiger partial charge in [0, 0.05) is 19.6 Å². The van der Waals surface area contributed by atoms with E-state index in [9.17, 15) is 9.59 Å². The molecule has 0 aliphatic carbocycles. The van der Waals surface area contributed by atoms with E-state index >= 15 is 0 Å².